The number of hydrogen-bond acceptors (Lipinski definition) is 2. The van der Waals surface area contributed by atoms with Gasteiger partial charge in [-0.05, 0) is 43.9 Å². The first-order valence-electron chi connectivity index (χ1n) is 4.22. The molecule has 1 fully saturated rings. The van der Waals surface area contributed by atoms with E-state index in [0.717, 1.165) is 5.92 Å². The molecule has 1 N–H and O–H groups in total. The normalized spacial score (nSPS) is 17.9. The van der Waals surface area contributed by atoms with Gasteiger partial charge in [-0.2, -0.15) is 11.8 Å². The number of allylic oxidation sites excluding steroid dienone is 1. The zero-order chi connectivity index (χ0) is 8.10. The minimum absolute atomic E-state index is 0.949. The molecule has 64 valence electrons. The summed E-state index contributed by atoms with van der Waals surface area (Å²) in [6.07, 6.45) is 1.19. The molecule has 0 aromatic rings. The van der Waals surface area contributed by atoms with Crippen molar-refractivity contribution in [2.45, 2.75) is 13.3 Å². The molecule has 1 rings (SSSR count). The Balaban J connectivity index is 1.83. The summed E-state index contributed by atoms with van der Waals surface area (Å²) in [7, 11) is 0. The van der Waals surface area contributed by atoms with Gasteiger partial charge in [-0.1, -0.05) is 5.57 Å². The molecule has 1 nitrogen and oxygen atoms in total. The van der Waals surface area contributed by atoms with Gasteiger partial charge in [-0.15, -0.1) is 6.58 Å². The highest BCUT2D eigenvalue weighted by Gasteiger charge is 2.15. The summed E-state index contributed by atoms with van der Waals surface area (Å²) < 4.78 is 0. The molecule has 0 aromatic heterocycles. The van der Waals surface area contributed by atoms with Crippen molar-refractivity contribution in [1.82, 2.24) is 5.32 Å². The van der Waals surface area contributed by atoms with Gasteiger partial charge in [0.25, 0.3) is 0 Å². The van der Waals surface area contributed by atoms with Gasteiger partial charge < -0.3 is 5.32 Å². The lowest BCUT2D eigenvalue weighted by Crippen LogP contribution is -2.43. The van der Waals surface area contributed by atoms with Crippen LogP contribution in [0.1, 0.15) is 13.3 Å². The summed E-state index contributed by atoms with van der Waals surface area (Å²) in [5.41, 5.74) is 1.31. The Labute approximate surface area is 73.6 Å². The van der Waals surface area contributed by atoms with Gasteiger partial charge in [0, 0.05) is 0 Å². The second-order valence-electron chi connectivity index (χ2n) is 3.31. The molecule has 0 saturated carbocycles. The van der Waals surface area contributed by atoms with E-state index in [1.54, 1.807) is 0 Å². The molecule has 0 aromatic carbocycles. The van der Waals surface area contributed by atoms with Crippen LogP contribution in [0.4, 0.5) is 0 Å². The molecule has 0 amide bonds. The minimum atomic E-state index is 0.949. The number of rotatable bonds is 5. The molecule has 0 radical (unpaired) electrons. The second kappa shape index (κ2) is 4.83. The predicted octanol–water partition coefficient (Wildman–Crippen LogP) is 1.91. The molecular formula is C9H17NS. The number of hydrogen-bond donors (Lipinski definition) is 1. The Morgan fingerprint density at radius 2 is 2.36 bits per heavy atom. The minimum Gasteiger partial charge on any atom is -0.316 e. The summed E-state index contributed by atoms with van der Waals surface area (Å²) in [6.45, 7) is 8.46. The van der Waals surface area contributed by atoms with Crippen LogP contribution >= 0.6 is 11.8 Å². The maximum Gasteiger partial charge on any atom is -0.0000326 e. The van der Waals surface area contributed by atoms with Crippen molar-refractivity contribution in [3.8, 4) is 0 Å². The fourth-order valence-corrected chi connectivity index (χ4v) is 2.19. The maximum absolute atomic E-state index is 3.88. The van der Waals surface area contributed by atoms with Crippen LogP contribution in [0.5, 0.6) is 0 Å². The van der Waals surface area contributed by atoms with E-state index < -0.39 is 0 Å². The van der Waals surface area contributed by atoms with Gasteiger partial charge in [-0.25, -0.2) is 0 Å². The Morgan fingerprint density at radius 3 is 2.82 bits per heavy atom. The topological polar surface area (TPSA) is 12.0 Å². The average molecular weight is 171 g/mol. The van der Waals surface area contributed by atoms with Crippen molar-refractivity contribution in [1.29, 1.82) is 0 Å². The smallest absolute Gasteiger partial charge is 0.0000326 e. The van der Waals surface area contributed by atoms with Crippen molar-refractivity contribution in [3.05, 3.63) is 12.2 Å². The van der Waals surface area contributed by atoms with E-state index in [2.05, 4.69) is 30.6 Å². The van der Waals surface area contributed by atoms with E-state index in [4.69, 9.17) is 0 Å². The fraction of sp³-hybridized carbons (Fsp3) is 0.778. The van der Waals surface area contributed by atoms with E-state index in [0.29, 0.717) is 0 Å². The van der Waals surface area contributed by atoms with E-state index in [1.165, 1.54) is 36.6 Å². The van der Waals surface area contributed by atoms with Gasteiger partial charge in [0.05, 0.1) is 0 Å². The summed E-state index contributed by atoms with van der Waals surface area (Å²) in [4.78, 5) is 0. The standard InChI is InChI=1S/C9H17NS/c1-8(2)3-4-11-7-9-5-10-6-9/h9-10H,1,3-7H2,2H3. The first-order valence-corrected chi connectivity index (χ1v) is 5.37. The zero-order valence-electron chi connectivity index (χ0n) is 7.23. The van der Waals surface area contributed by atoms with Crippen molar-refractivity contribution in [3.63, 3.8) is 0 Å². The Hall–Kier alpha value is 0.0500. The highest BCUT2D eigenvalue weighted by Crippen LogP contribution is 2.14. The van der Waals surface area contributed by atoms with Crippen LogP contribution < -0.4 is 5.32 Å². The highest BCUT2D eigenvalue weighted by atomic mass is 32.2. The molecule has 0 bridgehead atoms. The molecule has 1 aliphatic heterocycles. The lowest BCUT2D eigenvalue weighted by atomic mass is 10.1. The monoisotopic (exact) mass is 171 g/mol. The van der Waals surface area contributed by atoms with Crippen LogP contribution in [0.2, 0.25) is 0 Å². The first-order chi connectivity index (χ1) is 5.29. The van der Waals surface area contributed by atoms with E-state index >= 15 is 0 Å². The zero-order valence-corrected chi connectivity index (χ0v) is 8.04. The van der Waals surface area contributed by atoms with Crippen molar-refractivity contribution in [2.75, 3.05) is 24.6 Å². The van der Waals surface area contributed by atoms with Gasteiger partial charge in [0.2, 0.25) is 0 Å². The molecule has 11 heavy (non-hydrogen) atoms. The van der Waals surface area contributed by atoms with Gasteiger partial charge in [0.1, 0.15) is 0 Å². The van der Waals surface area contributed by atoms with Crippen LogP contribution in [0, 0.1) is 5.92 Å². The summed E-state index contributed by atoms with van der Waals surface area (Å²) in [6, 6.07) is 0. The van der Waals surface area contributed by atoms with Gasteiger partial charge in [0.15, 0.2) is 0 Å². The maximum atomic E-state index is 3.88. The van der Waals surface area contributed by atoms with Crippen LogP contribution in [0.25, 0.3) is 0 Å². The second-order valence-corrected chi connectivity index (χ2v) is 4.46. The van der Waals surface area contributed by atoms with Crippen LogP contribution in [-0.2, 0) is 0 Å². The molecule has 0 spiro atoms. The molecule has 0 aliphatic carbocycles. The SMILES string of the molecule is C=C(C)CCSCC1CNC1. The number of thioether (sulfide) groups is 1. The Bertz CT molecular complexity index is 130. The van der Waals surface area contributed by atoms with Crippen molar-refractivity contribution in [2.24, 2.45) is 5.92 Å². The van der Waals surface area contributed by atoms with Gasteiger partial charge in [-0.3, -0.25) is 0 Å². The third kappa shape index (κ3) is 3.82. The lowest BCUT2D eigenvalue weighted by molar-refractivity contribution is 0.385. The van der Waals surface area contributed by atoms with E-state index in [-0.39, 0.29) is 0 Å². The van der Waals surface area contributed by atoms with Crippen LogP contribution in [0.15, 0.2) is 12.2 Å². The summed E-state index contributed by atoms with van der Waals surface area (Å²) in [5.74, 6) is 3.54. The Kier molecular flexibility index (Phi) is 4.02. The van der Waals surface area contributed by atoms with Crippen molar-refractivity contribution >= 4 is 11.8 Å². The lowest BCUT2D eigenvalue weighted by Gasteiger charge is -2.26. The molecule has 1 heterocycles. The van der Waals surface area contributed by atoms with Crippen LogP contribution in [-0.4, -0.2) is 24.6 Å². The van der Waals surface area contributed by atoms with E-state index in [1.807, 2.05) is 0 Å². The van der Waals surface area contributed by atoms with Gasteiger partial charge >= 0.3 is 0 Å². The molecule has 0 atom stereocenters. The first kappa shape index (κ1) is 9.14. The molecular weight excluding hydrogens is 154 g/mol. The van der Waals surface area contributed by atoms with E-state index in [9.17, 15) is 0 Å². The molecule has 1 saturated heterocycles. The number of nitrogens with one attached hydrogen (secondary N) is 1. The Morgan fingerprint density at radius 1 is 1.64 bits per heavy atom. The predicted molar refractivity (Wildman–Crippen MR) is 53.1 cm³/mol. The van der Waals surface area contributed by atoms with Crippen molar-refractivity contribution < 1.29 is 0 Å². The average Bonchev–Trinajstić information content (AvgIpc) is 1.82. The largest absolute Gasteiger partial charge is 0.316 e. The summed E-state index contributed by atoms with van der Waals surface area (Å²) >= 11 is 2.06. The third-order valence-corrected chi connectivity index (χ3v) is 3.09. The molecule has 2 heteroatoms. The fourth-order valence-electron chi connectivity index (χ4n) is 0.963. The van der Waals surface area contributed by atoms with Crippen LogP contribution in [0.3, 0.4) is 0 Å². The third-order valence-electron chi connectivity index (χ3n) is 1.89. The molecule has 0 unspecified atom stereocenters. The quantitative estimate of drug-likeness (QED) is 0.501. The summed E-state index contributed by atoms with van der Waals surface area (Å²) in [5, 5.41) is 3.28. The molecule has 1 aliphatic rings. The highest BCUT2D eigenvalue weighted by molar-refractivity contribution is 7.99.